The van der Waals surface area contributed by atoms with E-state index in [4.69, 9.17) is 4.43 Å². The van der Waals surface area contributed by atoms with Gasteiger partial charge in [0.2, 0.25) is 0 Å². The van der Waals surface area contributed by atoms with E-state index in [0.29, 0.717) is 12.4 Å². The highest BCUT2D eigenvalue weighted by molar-refractivity contribution is 6.74. The monoisotopic (exact) mass is 282 g/mol. The van der Waals surface area contributed by atoms with Crippen LogP contribution in [0, 0.1) is 0 Å². The normalized spacial score (nSPS) is 13.6. The van der Waals surface area contributed by atoms with Crippen LogP contribution in [0.2, 0.25) is 18.1 Å². The van der Waals surface area contributed by atoms with Crippen molar-refractivity contribution >= 4 is 14.6 Å². The minimum atomic E-state index is -1.82. The van der Waals surface area contributed by atoms with Crippen molar-refractivity contribution in [1.82, 2.24) is 9.55 Å². The van der Waals surface area contributed by atoms with E-state index >= 15 is 0 Å². The van der Waals surface area contributed by atoms with Crippen LogP contribution in [0.1, 0.15) is 45.2 Å². The zero-order valence-corrected chi connectivity index (χ0v) is 14.2. The molecule has 19 heavy (non-hydrogen) atoms. The Balaban J connectivity index is 2.85. The molecule has 1 aromatic rings. The van der Waals surface area contributed by atoms with E-state index in [9.17, 15) is 4.79 Å². The summed E-state index contributed by atoms with van der Waals surface area (Å²) >= 11 is 0. The molecule has 0 amide bonds. The van der Waals surface area contributed by atoms with Crippen molar-refractivity contribution in [3.8, 4) is 0 Å². The lowest BCUT2D eigenvalue weighted by Crippen LogP contribution is -2.49. The number of hydrogen-bond acceptors (Lipinski definition) is 3. The molecule has 4 nitrogen and oxygen atoms in total. The molecule has 108 valence electrons. The van der Waals surface area contributed by atoms with Crippen LogP contribution in [0.15, 0.2) is 12.4 Å². The van der Waals surface area contributed by atoms with E-state index in [0.717, 1.165) is 6.29 Å². The number of imidazole rings is 1. The molecular weight excluding hydrogens is 256 g/mol. The molecule has 0 unspecified atom stereocenters. The van der Waals surface area contributed by atoms with Gasteiger partial charge >= 0.3 is 0 Å². The van der Waals surface area contributed by atoms with Crippen molar-refractivity contribution in [1.29, 1.82) is 0 Å². The zero-order chi connectivity index (χ0) is 14.9. The molecule has 0 N–H and O–H groups in total. The molecule has 1 heterocycles. The molecule has 0 fully saturated rings. The van der Waals surface area contributed by atoms with Crippen LogP contribution in [-0.4, -0.2) is 29.8 Å². The highest BCUT2D eigenvalue weighted by Gasteiger charge is 2.41. The molecule has 1 rings (SSSR count). The molecule has 0 saturated heterocycles. The maximum Gasteiger partial charge on any atom is 0.192 e. The number of aromatic nitrogens is 2. The molecule has 0 aromatic carbocycles. The smallest absolute Gasteiger partial charge is 0.192 e. The summed E-state index contributed by atoms with van der Waals surface area (Å²) in [7, 11) is -1.82. The highest BCUT2D eigenvalue weighted by Crippen LogP contribution is 2.39. The fourth-order valence-electron chi connectivity index (χ4n) is 1.86. The molecule has 0 aliphatic heterocycles. The van der Waals surface area contributed by atoms with Gasteiger partial charge < -0.3 is 8.99 Å². The predicted octanol–water partition coefficient (Wildman–Crippen LogP) is 3.50. The Morgan fingerprint density at radius 1 is 1.32 bits per heavy atom. The Hall–Kier alpha value is -0.943. The standard InChI is InChI=1S/C14H26N2O2Si/c1-13(2,3)19(6,7)18-14(4,5)11-16-9-8-15-12(16)10-17/h8-10H,11H2,1-7H3. The van der Waals surface area contributed by atoms with Gasteiger partial charge in [-0.05, 0) is 32.0 Å². The molecule has 0 radical (unpaired) electrons. The van der Waals surface area contributed by atoms with Crippen LogP contribution in [0.25, 0.3) is 0 Å². The van der Waals surface area contributed by atoms with Crippen molar-refractivity contribution in [2.24, 2.45) is 0 Å². The highest BCUT2D eigenvalue weighted by atomic mass is 28.4. The van der Waals surface area contributed by atoms with Gasteiger partial charge in [0.05, 0.1) is 12.1 Å². The fraction of sp³-hybridized carbons (Fsp3) is 0.714. The summed E-state index contributed by atoms with van der Waals surface area (Å²) in [5, 5.41) is 0.173. The third-order valence-corrected chi connectivity index (χ3v) is 8.42. The summed E-state index contributed by atoms with van der Waals surface area (Å²) in [5.74, 6) is 0.451. The van der Waals surface area contributed by atoms with Crippen LogP contribution in [0.4, 0.5) is 0 Å². The fourth-order valence-corrected chi connectivity index (χ4v) is 3.61. The minimum Gasteiger partial charge on any atom is -0.410 e. The molecule has 0 atom stereocenters. The zero-order valence-electron chi connectivity index (χ0n) is 13.2. The second-order valence-corrected chi connectivity index (χ2v) is 11.9. The topological polar surface area (TPSA) is 44.1 Å². The lowest BCUT2D eigenvalue weighted by molar-refractivity contribution is 0.0719. The molecule has 0 aliphatic rings. The SMILES string of the molecule is CC(C)(Cn1ccnc1C=O)O[Si](C)(C)C(C)(C)C. The summed E-state index contributed by atoms with van der Waals surface area (Å²) in [4.78, 5) is 14.9. The molecule has 5 heteroatoms. The number of nitrogens with zero attached hydrogens (tertiary/aromatic N) is 2. The van der Waals surface area contributed by atoms with Gasteiger partial charge in [0.15, 0.2) is 20.4 Å². The maximum absolute atomic E-state index is 10.9. The average molecular weight is 282 g/mol. The summed E-state index contributed by atoms with van der Waals surface area (Å²) in [6.07, 6.45) is 4.25. The lowest BCUT2D eigenvalue weighted by atomic mass is 10.1. The second kappa shape index (κ2) is 5.21. The Morgan fingerprint density at radius 2 is 1.89 bits per heavy atom. The van der Waals surface area contributed by atoms with Gasteiger partial charge in [-0.25, -0.2) is 4.98 Å². The van der Waals surface area contributed by atoms with E-state index < -0.39 is 8.32 Å². The molecule has 0 bridgehead atoms. The predicted molar refractivity (Wildman–Crippen MR) is 80.0 cm³/mol. The molecule has 0 aliphatic carbocycles. The molecular formula is C14H26N2O2Si. The van der Waals surface area contributed by atoms with E-state index in [-0.39, 0.29) is 10.6 Å². The van der Waals surface area contributed by atoms with Gasteiger partial charge in [-0.2, -0.15) is 0 Å². The number of aldehydes is 1. The summed E-state index contributed by atoms with van der Waals surface area (Å²) in [6.45, 7) is 15.9. The third-order valence-electron chi connectivity index (χ3n) is 3.74. The van der Waals surface area contributed by atoms with Crippen LogP contribution >= 0.6 is 0 Å². The first kappa shape index (κ1) is 16.1. The van der Waals surface area contributed by atoms with Crippen molar-refractivity contribution in [2.75, 3.05) is 0 Å². The van der Waals surface area contributed by atoms with Gasteiger partial charge in [0.1, 0.15) is 0 Å². The van der Waals surface area contributed by atoms with E-state index in [1.54, 1.807) is 6.20 Å². The van der Waals surface area contributed by atoms with Crippen LogP contribution in [0.5, 0.6) is 0 Å². The average Bonchev–Trinajstić information content (AvgIpc) is 2.60. The molecule has 1 aromatic heterocycles. The minimum absolute atomic E-state index is 0.173. The number of carbonyl (C=O) groups excluding carboxylic acids is 1. The second-order valence-electron chi connectivity index (χ2n) is 7.15. The van der Waals surface area contributed by atoms with Gasteiger partial charge in [-0.15, -0.1) is 0 Å². The quantitative estimate of drug-likeness (QED) is 0.613. The summed E-state index contributed by atoms with van der Waals surface area (Å²) < 4.78 is 8.28. The van der Waals surface area contributed by atoms with E-state index in [1.165, 1.54) is 0 Å². The van der Waals surface area contributed by atoms with Crippen molar-refractivity contribution in [2.45, 2.75) is 64.9 Å². The Labute approximate surface area is 117 Å². The lowest BCUT2D eigenvalue weighted by Gasteiger charge is -2.43. The maximum atomic E-state index is 10.9. The summed E-state index contributed by atoms with van der Waals surface area (Å²) in [5.41, 5.74) is -0.318. The van der Waals surface area contributed by atoms with Crippen LogP contribution in [0.3, 0.4) is 0 Å². The van der Waals surface area contributed by atoms with Gasteiger partial charge in [-0.1, -0.05) is 20.8 Å². The molecule has 0 saturated carbocycles. The van der Waals surface area contributed by atoms with Crippen molar-refractivity contribution in [3.05, 3.63) is 18.2 Å². The molecule has 0 spiro atoms. The van der Waals surface area contributed by atoms with Gasteiger partial charge in [0, 0.05) is 12.4 Å². The van der Waals surface area contributed by atoms with Crippen LogP contribution in [-0.2, 0) is 11.0 Å². The summed E-state index contributed by atoms with van der Waals surface area (Å²) in [6, 6.07) is 0. The third kappa shape index (κ3) is 4.01. The first-order valence-corrected chi connectivity index (χ1v) is 9.56. The van der Waals surface area contributed by atoms with E-state index in [1.807, 2.05) is 10.8 Å². The number of rotatable bonds is 5. The van der Waals surface area contributed by atoms with Crippen molar-refractivity contribution < 1.29 is 9.22 Å². The van der Waals surface area contributed by atoms with Crippen LogP contribution < -0.4 is 0 Å². The number of carbonyl (C=O) groups is 1. The first-order chi connectivity index (χ1) is 8.48. The largest absolute Gasteiger partial charge is 0.410 e. The van der Waals surface area contributed by atoms with E-state index in [2.05, 4.69) is 52.7 Å². The van der Waals surface area contributed by atoms with Crippen molar-refractivity contribution in [3.63, 3.8) is 0 Å². The van der Waals surface area contributed by atoms with Gasteiger partial charge in [-0.3, -0.25) is 4.79 Å². The Bertz CT molecular complexity index is 445. The number of hydrogen-bond donors (Lipinski definition) is 0. The first-order valence-electron chi connectivity index (χ1n) is 6.65. The van der Waals surface area contributed by atoms with Gasteiger partial charge in [0.25, 0.3) is 0 Å². The Morgan fingerprint density at radius 3 is 2.37 bits per heavy atom. The Kier molecular flexibility index (Phi) is 4.42.